The van der Waals surface area contributed by atoms with Gasteiger partial charge < -0.3 is 14.2 Å². The number of carbonyl (C=O) groups excluding carboxylic acids is 4. The number of rotatable bonds is 4. The van der Waals surface area contributed by atoms with Crippen molar-refractivity contribution in [2.24, 2.45) is 0 Å². The van der Waals surface area contributed by atoms with Gasteiger partial charge in [0.05, 0.1) is 21.3 Å². The van der Waals surface area contributed by atoms with Crippen LogP contribution in [0.1, 0.15) is 19.4 Å². The number of nitrogens with zero attached hydrogens (tertiary/aromatic N) is 2. The highest BCUT2D eigenvalue weighted by molar-refractivity contribution is 6.26. The van der Waals surface area contributed by atoms with Crippen molar-refractivity contribution in [3.8, 4) is 17.2 Å². The molecule has 0 unspecified atom stereocenters. The van der Waals surface area contributed by atoms with Gasteiger partial charge in [-0.15, -0.1) is 0 Å². The molecule has 0 aliphatic carbocycles. The van der Waals surface area contributed by atoms with Crippen molar-refractivity contribution in [1.82, 2.24) is 9.80 Å². The molecule has 1 aliphatic rings. The Morgan fingerprint density at radius 1 is 0.846 bits per heavy atom. The van der Waals surface area contributed by atoms with Crippen LogP contribution < -0.4 is 14.2 Å². The van der Waals surface area contributed by atoms with Crippen molar-refractivity contribution in [3.63, 3.8) is 0 Å². The van der Waals surface area contributed by atoms with Crippen molar-refractivity contribution in [2.45, 2.75) is 13.8 Å². The van der Waals surface area contributed by atoms with Crippen molar-refractivity contribution >= 4 is 29.8 Å². The topological polar surface area (TPSA) is 102 Å². The van der Waals surface area contributed by atoms with E-state index in [1.54, 1.807) is 0 Å². The molecule has 138 valence electrons. The van der Waals surface area contributed by atoms with E-state index in [0.717, 1.165) is 13.8 Å². The first-order chi connectivity index (χ1) is 12.3. The van der Waals surface area contributed by atoms with Crippen LogP contribution in [0.15, 0.2) is 17.8 Å². The maximum Gasteiger partial charge on any atom is 0.345 e. The highest BCUT2D eigenvalue weighted by atomic mass is 16.5. The van der Waals surface area contributed by atoms with E-state index >= 15 is 0 Å². The molecule has 1 aromatic rings. The van der Waals surface area contributed by atoms with E-state index in [1.165, 1.54) is 39.5 Å². The Kier molecular flexibility index (Phi) is 5.30. The van der Waals surface area contributed by atoms with E-state index in [0.29, 0.717) is 32.6 Å². The fraction of sp³-hybridized carbons (Fsp3) is 0.294. The molecule has 0 N–H and O–H groups in total. The Labute approximate surface area is 149 Å². The molecule has 1 heterocycles. The van der Waals surface area contributed by atoms with E-state index < -0.39 is 23.8 Å². The van der Waals surface area contributed by atoms with Crippen molar-refractivity contribution in [1.29, 1.82) is 0 Å². The standard InChI is InChI=1S/C17H18N2O7/c1-9(20)18-12(16(22)19(10(2)21)17(18)23)6-11-7-14(25-4)15(26-5)8-13(11)24-3/h6-8H,1-5H3/b12-6-. The first-order valence-electron chi connectivity index (χ1n) is 7.48. The van der Waals surface area contributed by atoms with Crippen LogP contribution in [0.2, 0.25) is 0 Å². The van der Waals surface area contributed by atoms with Gasteiger partial charge in [0.15, 0.2) is 11.5 Å². The van der Waals surface area contributed by atoms with Crippen LogP contribution in [-0.4, -0.2) is 54.9 Å². The summed E-state index contributed by atoms with van der Waals surface area (Å²) in [5, 5.41) is 0. The first kappa shape index (κ1) is 19.0. The zero-order chi connectivity index (χ0) is 19.6. The van der Waals surface area contributed by atoms with Crippen LogP contribution in [0.5, 0.6) is 17.2 Å². The lowest BCUT2D eigenvalue weighted by Crippen LogP contribution is -2.37. The molecule has 0 radical (unpaired) electrons. The average Bonchev–Trinajstić information content (AvgIpc) is 2.84. The molecule has 2 rings (SSSR count). The predicted octanol–water partition coefficient (Wildman–Crippen LogP) is 1.41. The Morgan fingerprint density at radius 3 is 1.81 bits per heavy atom. The lowest BCUT2D eigenvalue weighted by Gasteiger charge is -2.14. The number of benzene rings is 1. The summed E-state index contributed by atoms with van der Waals surface area (Å²) in [6.45, 7) is 2.18. The molecule has 0 bridgehead atoms. The molecule has 0 aromatic heterocycles. The zero-order valence-corrected chi connectivity index (χ0v) is 15.0. The fourth-order valence-electron chi connectivity index (χ4n) is 2.52. The summed E-state index contributed by atoms with van der Waals surface area (Å²) in [5.41, 5.74) is 0.0983. The van der Waals surface area contributed by atoms with Gasteiger partial charge in [0.2, 0.25) is 11.8 Å². The predicted molar refractivity (Wildman–Crippen MR) is 89.5 cm³/mol. The number of carbonyl (C=O) groups is 4. The summed E-state index contributed by atoms with van der Waals surface area (Å²) in [6.07, 6.45) is 1.28. The molecule has 1 saturated heterocycles. The van der Waals surface area contributed by atoms with Gasteiger partial charge in [-0.25, -0.2) is 9.69 Å². The molecular weight excluding hydrogens is 344 g/mol. The smallest absolute Gasteiger partial charge is 0.345 e. The van der Waals surface area contributed by atoms with Gasteiger partial charge in [0.25, 0.3) is 5.91 Å². The highest BCUT2D eigenvalue weighted by Crippen LogP contribution is 2.36. The molecule has 0 spiro atoms. The third-order valence-electron chi connectivity index (χ3n) is 3.70. The summed E-state index contributed by atoms with van der Waals surface area (Å²) < 4.78 is 15.7. The van der Waals surface area contributed by atoms with Gasteiger partial charge in [-0.05, 0) is 12.1 Å². The van der Waals surface area contributed by atoms with Crippen LogP contribution in [0.25, 0.3) is 6.08 Å². The summed E-state index contributed by atoms with van der Waals surface area (Å²) >= 11 is 0. The number of ether oxygens (including phenoxy) is 3. The van der Waals surface area contributed by atoms with Gasteiger partial charge >= 0.3 is 6.03 Å². The number of methoxy groups -OCH3 is 3. The summed E-state index contributed by atoms with van der Waals surface area (Å²) in [4.78, 5) is 49.2. The minimum atomic E-state index is -1.01. The summed E-state index contributed by atoms with van der Waals surface area (Å²) in [7, 11) is 4.30. The molecule has 5 amide bonds. The normalized spacial score (nSPS) is 15.5. The van der Waals surface area contributed by atoms with Crippen molar-refractivity contribution in [3.05, 3.63) is 23.4 Å². The number of hydrogen-bond acceptors (Lipinski definition) is 7. The second-order valence-corrected chi connectivity index (χ2v) is 5.28. The third kappa shape index (κ3) is 3.10. The Balaban J connectivity index is 2.66. The second kappa shape index (κ2) is 7.26. The Hall–Kier alpha value is -3.36. The van der Waals surface area contributed by atoms with E-state index in [9.17, 15) is 19.2 Å². The molecule has 1 aromatic carbocycles. The monoisotopic (exact) mass is 362 g/mol. The number of imide groups is 4. The molecule has 1 fully saturated rings. The summed E-state index contributed by atoms with van der Waals surface area (Å²) in [5.74, 6) is -1.30. The molecule has 9 heteroatoms. The van der Waals surface area contributed by atoms with E-state index in [2.05, 4.69) is 0 Å². The van der Waals surface area contributed by atoms with Crippen molar-refractivity contribution < 1.29 is 33.4 Å². The molecular formula is C17H18N2O7. The number of hydrogen-bond donors (Lipinski definition) is 0. The SMILES string of the molecule is COc1cc(OC)c(OC)cc1/C=C1/C(=O)N(C(C)=O)C(=O)N1C(C)=O. The minimum Gasteiger partial charge on any atom is -0.496 e. The Morgan fingerprint density at radius 2 is 1.35 bits per heavy atom. The maximum absolute atomic E-state index is 12.5. The quantitative estimate of drug-likeness (QED) is 0.589. The molecule has 0 atom stereocenters. The Bertz CT molecular complexity index is 829. The first-order valence-corrected chi connectivity index (χ1v) is 7.48. The third-order valence-corrected chi connectivity index (χ3v) is 3.70. The zero-order valence-electron chi connectivity index (χ0n) is 15.0. The van der Waals surface area contributed by atoms with E-state index in [1.807, 2.05) is 0 Å². The minimum absolute atomic E-state index is 0.261. The van der Waals surface area contributed by atoms with Crippen LogP contribution in [0, 0.1) is 0 Å². The fourth-order valence-corrected chi connectivity index (χ4v) is 2.52. The lowest BCUT2D eigenvalue weighted by molar-refractivity contribution is -0.135. The number of urea groups is 1. The van der Waals surface area contributed by atoms with Gasteiger partial charge in [-0.2, -0.15) is 4.90 Å². The number of amides is 5. The molecule has 1 aliphatic heterocycles. The molecule has 0 saturated carbocycles. The molecule has 26 heavy (non-hydrogen) atoms. The van der Waals surface area contributed by atoms with Crippen LogP contribution in [0.4, 0.5) is 4.79 Å². The largest absolute Gasteiger partial charge is 0.496 e. The van der Waals surface area contributed by atoms with Crippen molar-refractivity contribution in [2.75, 3.05) is 21.3 Å². The van der Waals surface area contributed by atoms with Gasteiger partial charge in [-0.1, -0.05) is 0 Å². The van der Waals surface area contributed by atoms with Crippen LogP contribution in [-0.2, 0) is 14.4 Å². The van der Waals surface area contributed by atoms with Crippen LogP contribution >= 0.6 is 0 Å². The van der Waals surface area contributed by atoms with Gasteiger partial charge in [-0.3, -0.25) is 14.4 Å². The maximum atomic E-state index is 12.5. The average molecular weight is 362 g/mol. The summed E-state index contributed by atoms with van der Waals surface area (Å²) in [6, 6.07) is 2.05. The molecule has 9 nitrogen and oxygen atoms in total. The van der Waals surface area contributed by atoms with E-state index in [4.69, 9.17) is 14.2 Å². The second-order valence-electron chi connectivity index (χ2n) is 5.28. The lowest BCUT2D eigenvalue weighted by atomic mass is 10.1. The van der Waals surface area contributed by atoms with E-state index in [-0.39, 0.29) is 5.70 Å². The highest BCUT2D eigenvalue weighted by Gasteiger charge is 2.45. The van der Waals surface area contributed by atoms with Crippen LogP contribution in [0.3, 0.4) is 0 Å². The van der Waals surface area contributed by atoms with Gasteiger partial charge in [0.1, 0.15) is 11.4 Å². The van der Waals surface area contributed by atoms with Gasteiger partial charge in [0, 0.05) is 25.5 Å².